The van der Waals surface area contributed by atoms with E-state index in [-0.39, 0.29) is 17.7 Å². The Bertz CT molecular complexity index is 1140. The van der Waals surface area contributed by atoms with Gasteiger partial charge in [-0.05, 0) is 54.8 Å². The number of rotatable bonds is 8. The molecule has 6 heteroatoms. The molecule has 1 heterocycles. The fraction of sp³-hybridized carbons (Fsp3) is 0.333. The van der Waals surface area contributed by atoms with E-state index >= 15 is 0 Å². The predicted octanol–water partition coefficient (Wildman–Crippen LogP) is 4.71. The molecule has 0 aliphatic carbocycles. The Morgan fingerprint density at radius 1 is 0.833 bits per heavy atom. The third kappa shape index (κ3) is 6.73. The third-order valence-corrected chi connectivity index (χ3v) is 6.67. The van der Waals surface area contributed by atoms with Crippen molar-refractivity contribution in [2.75, 3.05) is 36.4 Å². The molecule has 36 heavy (non-hydrogen) atoms. The van der Waals surface area contributed by atoms with Crippen LogP contribution in [0.3, 0.4) is 0 Å². The number of hydrogen-bond donors (Lipinski definition) is 2. The number of benzene rings is 3. The summed E-state index contributed by atoms with van der Waals surface area (Å²) in [5, 5.41) is 5.87. The van der Waals surface area contributed by atoms with E-state index in [0.29, 0.717) is 5.56 Å². The van der Waals surface area contributed by atoms with Crippen molar-refractivity contribution in [1.82, 2.24) is 10.2 Å². The molecule has 1 saturated heterocycles. The molecule has 0 unspecified atom stereocenters. The van der Waals surface area contributed by atoms with Gasteiger partial charge >= 0.3 is 0 Å². The number of nitrogens with one attached hydrogen (secondary N) is 2. The Labute approximate surface area is 214 Å². The molecule has 2 N–H and O–H groups in total. The molecular weight excluding hydrogens is 448 g/mol. The van der Waals surface area contributed by atoms with Gasteiger partial charge in [-0.1, -0.05) is 61.9 Å². The second kappa shape index (κ2) is 11.9. The van der Waals surface area contributed by atoms with Gasteiger partial charge in [0.25, 0.3) is 5.91 Å². The van der Waals surface area contributed by atoms with E-state index in [0.717, 1.165) is 49.7 Å². The van der Waals surface area contributed by atoms with Gasteiger partial charge < -0.3 is 15.5 Å². The topological polar surface area (TPSA) is 64.7 Å². The van der Waals surface area contributed by atoms with Crippen LogP contribution in [0.5, 0.6) is 0 Å². The molecule has 2 amide bonds. The lowest BCUT2D eigenvalue weighted by Gasteiger charge is -2.36. The zero-order valence-electron chi connectivity index (χ0n) is 21.4. The molecule has 6 nitrogen and oxygen atoms in total. The van der Waals surface area contributed by atoms with Crippen molar-refractivity contribution < 1.29 is 9.59 Å². The van der Waals surface area contributed by atoms with E-state index in [2.05, 4.69) is 62.9 Å². The first-order valence-corrected chi connectivity index (χ1v) is 12.7. The number of amides is 2. The summed E-state index contributed by atoms with van der Waals surface area (Å²) in [6.45, 7) is 10.8. The number of aryl methyl sites for hydroxylation is 1. The maximum Gasteiger partial charge on any atom is 0.251 e. The van der Waals surface area contributed by atoms with E-state index in [1.54, 1.807) is 12.1 Å². The molecule has 4 rings (SSSR count). The van der Waals surface area contributed by atoms with Crippen LogP contribution >= 0.6 is 0 Å². The lowest BCUT2D eigenvalue weighted by Crippen LogP contribution is -2.47. The van der Waals surface area contributed by atoms with Crippen molar-refractivity contribution >= 4 is 23.2 Å². The Kier molecular flexibility index (Phi) is 8.39. The van der Waals surface area contributed by atoms with Gasteiger partial charge in [-0.2, -0.15) is 0 Å². The summed E-state index contributed by atoms with van der Waals surface area (Å²) in [7, 11) is 0. The largest absolute Gasteiger partial charge is 0.369 e. The first-order valence-electron chi connectivity index (χ1n) is 12.7. The van der Waals surface area contributed by atoms with Crippen LogP contribution in [0.1, 0.15) is 35.3 Å². The Hall–Kier alpha value is -3.64. The predicted molar refractivity (Wildman–Crippen MR) is 146 cm³/mol. The van der Waals surface area contributed by atoms with Crippen LogP contribution in [0.2, 0.25) is 0 Å². The van der Waals surface area contributed by atoms with Crippen molar-refractivity contribution in [2.45, 2.75) is 33.4 Å². The van der Waals surface area contributed by atoms with Gasteiger partial charge in [-0.25, -0.2) is 0 Å². The minimum Gasteiger partial charge on any atom is -0.369 e. The van der Waals surface area contributed by atoms with Gasteiger partial charge in [0.05, 0.1) is 0 Å². The summed E-state index contributed by atoms with van der Waals surface area (Å²) in [6, 6.07) is 25.3. The number of anilines is 2. The number of carbonyl (C=O) groups excluding carboxylic acids is 2. The standard InChI is InChI=1S/C30H36N4O2/c1-22(2)28(32-29(35)25-11-9-23(3)10-12-25)30(36)31-26-13-15-27(16-14-26)34-19-17-33(18-20-34)21-24-7-5-4-6-8-24/h4-16,22,28H,17-21H2,1-3H3,(H,31,36)(H,32,35)/t28-/m0/s1. The van der Waals surface area contributed by atoms with Gasteiger partial charge in [-0.3, -0.25) is 14.5 Å². The molecule has 0 aromatic heterocycles. The minimum atomic E-state index is -0.629. The molecule has 3 aromatic rings. The molecule has 1 aliphatic rings. The van der Waals surface area contributed by atoms with Crippen LogP contribution in [0, 0.1) is 12.8 Å². The quantitative estimate of drug-likeness (QED) is 0.486. The molecule has 188 valence electrons. The molecular formula is C30H36N4O2. The van der Waals surface area contributed by atoms with Crippen LogP contribution in [0.4, 0.5) is 11.4 Å². The van der Waals surface area contributed by atoms with Crippen molar-refractivity contribution in [3.8, 4) is 0 Å². The lowest BCUT2D eigenvalue weighted by atomic mass is 10.0. The van der Waals surface area contributed by atoms with Crippen LogP contribution < -0.4 is 15.5 Å². The van der Waals surface area contributed by atoms with Gasteiger partial charge in [0, 0.05) is 49.7 Å². The Morgan fingerprint density at radius 2 is 1.47 bits per heavy atom. The summed E-state index contributed by atoms with van der Waals surface area (Å²) < 4.78 is 0. The molecule has 1 aliphatic heterocycles. The molecule has 0 bridgehead atoms. The first-order chi connectivity index (χ1) is 17.4. The van der Waals surface area contributed by atoms with Gasteiger partial charge in [0.2, 0.25) is 5.91 Å². The highest BCUT2D eigenvalue weighted by molar-refractivity contribution is 6.01. The van der Waals surface area contributed by atoms with Crippen molar-refractivity contribution in [2.24, 2.45) is 5.92 Å². The van der Waals surface area contributed by atoms with E-state index in [1.165, 1.54) is 5.56 Å². The Morgan fingerprint density at radius 3 is 2.08 bits per heavy atom. The number of nitrogens with zero attached hydrogens (tertiary/aromatic N) is 2. The monoisotopic (exact) mass is 484 g/mol. The van der Waals surface area contributed by atoms with Crippen molar-refractivity contribution in [1.29, 1.82) is 0 Å². The Balaban J connectivity index is 1.30. The molecule has 0 saturated carbocycles. The van der Waals surface area contributed by atoms with Crippen molar-refractivity contribution in [3.63, 3.8) is 0 Å². The maximum absolute atomic E-state index is 13.0. The number of piperazine rings is 1. The average Bonchev–Trinajstić information content (AvgIpc) is 2.89. The number of hydrogen-bond acceptors (Lipinski definition) is 4. The van der Waals surface area contributed by atoms with Crippen LogP contribution in [-0.2, 0) is 11.3 Å². The van der Waals surface area contributed by atoms with Crippen LogP contribution in [-0.4, -0.2) is 48.9 Å². The summed E-state index contributed by atoms with van der Waals surface area (Å²) >= 11 is 0. The molecule has 0 radical (unpaired) electrons. The minimum absolute atomic E-state index is 0.0501. The third-order valence-electron chi connectivity index (χ3n) is 6.67. The van der Waals surface area contributed by atoms with Crippen LogP contribution in [0.15, 0.2) is 78.9 Å². The van der Waals surface area contributed by atoms with Gasteiger partial charge in [-0.15, -0.1) is 0 Å². The summed E-state index contributed by atoms with van der Waals surface area (Å²) in [5.41, 5.74) is 4.86. The highest BCUT2D eigenvalue weighted by Gasteiger charge is 2.25. The second-order valence-corrected chi connectivity index (χ2v) is 9.85. The maximum atomic E-state index is 13.0. The van der Waals surface area contributed by atoms with Gasteiger partial charge in [0.1, 0.15) is 6.04 Å². The summed E-state index contributed by atoms with van der Waals surface area (Å²) in [6.07, 6.45) is 0. The van der Waals surface area contributed by atoms with E-state index in [9.17, 15) is 9.59 Å². The summed E-state index contributed by atoms with van der Waals surface area (Å²) in [5.74, 6) is -0.510. The normalized spacial score (nSPS) is 14.9. The molecule has 1 fully saturated rings. The second-order valence-electron chi connectivity index (χ2n) is 9.85. The SMILES string of the molecule is Cc1ccc(C(=O)N[C@H](C(=O)Nc2ccc(N3CCN(Cc4ccccc4)CC3)cc2)C(C)C)cc1. The average molecular weight is 485 g/mol. The lowest BCUT2D eigenvalue weighted by molar-refractivity contribution is -0.118. The van der Waals surface area contributed by atoms with E-state index in [1.807, 2.05) is 45.0 Å². The molecule has 3 aromatic carbocycles. The zero-order valence-corrected chi connectivity index (χ0v) is 21.4. The first kappa shape index (κ1) is 25.5. The highest BCUT2D eigenvalue weighted by atomic mass is 16.2. The molecule has 0 spiro atoms. The fourth-order valence-electron chi connectivity index (χ4n) is 4.45. The molecule has 1 atom stereocenters. The van der Waals surface area contributed by atoms with Crippen LogP contribution in [0.25, 0.3) is 0 Å². The fourth-order valence-corrected chi connectivity index (χ4v) is 4.45. The van der Waals surface area contributed by atoms with Gasteiger partial charge in [0.15, 0.2) is 0 Å². The van der Waals surface area contributed by atoms with E-state index < -0.39 is 6.04 Å². The van der Waals surface area contributed by atoms with Crippen molar-refractivity contribution in [3.05, 3.63) is 95.6 Å². The van der Waals surface area contributed by atoms with E-state index in [4.69, 9.17) is 0 Å². The summed E-state index contributed by atoms with van der Waals surface area (Å²) in [4.78, 5) is 30.5. The zero-order chi connectivity index (χ0) is 25.5. The highest BCUT2D eigenvalue weighted by Crippen LogP contribution is 2.21. The number of carbonyl (C=O) groups is 2. The smallest absolute Gasteiger partial charge is 0.251 e.